The van der Waals surface area contributed by atoms with Gasteiger partial charge in [-0.25, -0.2) is 13.3 Å². The first kappa shape index (κ1) is 20.6. The van der Waals surface area contributed by atoms with Crippen LogP contribution in [0.1, 0.15) is 34.6 Å². The Balaban J connectivity index is 1.85. The Kier molecular flexibility index (Phi) is 5.15. The van der Waals surface area contributed by atoms with E-state index in [2.05, 4.69) is 16.8 Å². The summed E-state index contributed by atoms with van der Waals surface area (Å²) in [5, 5.41) is -0.680. The van der Waals surface area contributed by atoms with Gasteiger partial charge in [0, 0.05) is 31.9 Å². The quantitative estimate of drug-likeness (QED) is 0.698. The van der Waals surface area contributed by atoms with Crippen molar-refractivity contribution in [3.63, 3.8) is 0 Å². The Morgan fingerprint density at radius 1 is 0.867 bits per heavy atom. The maximum Gasteiger partial charge on any atom is 0.266 e. The van der Waals surface area contributed by atoms with Gasteiger partial charge in [0.1, 0.15) is 0 Å². The van der Waals surface area contributed by atoms with Gasteiger partial charge in [-0.05, 0) is 51.2 Å². The minimum atomic E-state index is -3.71. The van der Waals surface area contributed by atoms with Crippen molar-refractivity contribution in [1.82, 2.24) is 4.90 Å². The fourth-order valence-electron chi connectivity index (χ4n) is 3.84. The number of likely N-dealkylation sites (N-methyl/N-ethyl adjacent to an activating group) is 1. The highest BCUT2D eigenvalue weighted by molar-refractivity contribution is 7.92. The topological polar surface area (TPSA) is 78.0 Å². The second kappa shape index (κ2) is 7.52. The number of hydrogen-bond donors (Lipinski definition) is 0. The van der Waals surface area contributed by atoms with Crippen molar-refractivity contribution in [2.24, 2.45) is 0 Å². The second-order valence-electron chi connectivity index (χ2n) is 8.03. The van der Waals surface area contributed by atoms with E-state index in [4.69, 9.17) is 0 Å². The van der Waals surface area contributed by atoms with Gasteiger partial charge in [0.15, 0.2) is 9.84 Å². The molecule has 0 spiro atoms. The number of fused-ring (bicyclic) bond motifs is 1. The van der Waals surface area contributed by atoms with Crippen LogP contribution in [0, 0.1) is 0 Å². The highest BCUT2D eigenvalue weighted by Gasteiger charge is 2.39. The van der Waals surface area contributed by atoms with E-state index in [1.54, 1.807) is 50.2 Å². The summed E-state index contributed by atoms with van der Waals surface area (Å²) in [6, 6.07) is 11.5. The summed E-state index contributed by atoms with van der Waals surface area (Å²) < 4.78 is 26.1. The molecule has 1 fully saturated rings. The molecular formula is C22H25N3O4S. The number of benzene rings is 2. The Morgan fingerprint density at radius 2 is 1.43 bits per heavy atom. The number of carbonyl (C=O) groups is 2. The molecule has 2 aliphatic heterocycles. The standard InChI is InChI=1S/C22H25N3O4S/c1-15(2)30(28,29)20-9-8-16(24-12-10-23(3)11-13-24)14-19(20)25-21(26)17-6-4-5-7-18(17)22(25)27/h4-9,14-15H,10-13H2,1-3H3. The number of hydrogen-bond acceptors (Lipinski definition) is 6. The number of carbonyl (C=O) groups excluding carboxylic acids is 2. The fraction of sp³-hybridized carbons (Fsp3) is 0.364. The summed E-state index contributed by atoms with van der Waals surface area (Å²) in [4.78, 5) is 31.5. The molecule has 2 heterocycles. The molecule has 2 aromatic rings. The van der Waals surface area contributed by atoms with E-state index >= 15 is 0 Å². The van der Waals surface area contributed by atoms with Gasteiger partial charge in [0.05, 0.1) is 27.0 Å². The number of rotatable bonds is 4. The summed E-state index contributed by atoms with van der Waals surface area (Å²) in [6.07, 6.45) is 0. The summed E-state index contributed by atoms with van der Waals surface area (Å²) in [6.45, 7) is 6.52. The number of imide groups is 1. The molecule has 30 heavy (non-hydrogen) atoms. The minimum absolute atomic E-state index is 0.00452. The third-order valence-electron chi connectivity index (χ3n) is 5.77. The largest absolute Gasteiger partial charge is 0.369 e. The van der Waals surface area contributed by atoms with E-state index in [-0.39, 0.29) is 10.6 Å². The van der Waals surface area contributed by atoms with Crippen LogP contribution in [0.2, 0.25) is 0 Å². The monoisotopic (exact) mass is 427 g/mol. The molecule has 1 saturated heterocycles. The van der Waals surface area contributed by atoms with Crippen LogP contribution in [0.4, 0.5) is 11.4 Å². The molecule has 158 valence electrons. The van der Waals surface area contributed by atoms with E-state index < -0.39 is 26.9 Å². The number of anilines is 2. The first-order valence-corrected chi connectivity index (χ1v) is 11.6. The third-order valence-corrected chi connectivity index (χ3v) is 7.97. The van der Waals surface area contributed by atoms with Gasteiger partial charge in [0.2, 0.25) is 0 Å². The van der Waals surface area contributed by atoms with Crippen molar-refractivity contribution in [1.29, 1.82) is 0 Å². The lowest BCUT2D eigenvalue weighted by Gasteiger charge is -2.34. The molecule has 4 rings (SSSR count). The molecule has 2 aromatic carbocycles. The smallest absolute Gasteiger partial charge is 0.266 e. The highest BCUT2D eigenvalue weighted by Crippen LogP contribution is 2.37. The summed E-state index contributed by atoms with van der Waals surface area (Å²) in [5.74, 6) is -0.988. The average molecular weight is 428 g/mol. The van der Waals surface area contributed by atoms with E-state index in [0.29, 0.717) is 11.1 Å². The van der Waals surface area contributed by atoms with Crippen LogP contribution in [0.15, 0.2) is 47.4 Å². The van der Waals surface area contributed by atoms with Crippen molar-refractivity contribution in [3.8, 4) is 0 Å². The third kappa shape index (κ3) is 3.30. The average Bonchev–Trinajstić information content (AvgIpc) is 2.98. The van der Waals surface area contributed by atoms with Crippen molar-refractivity contribution >= 4 is 33.0 Å². The maximum absolute atomic E-state index is 13.1. The van der Waals surface area contributed by atoms with Crippen LogP contribution < -0.4 is 9.80 Å². The van der Waals surface area contributed by atoms with Gasteiger partial charge in [0.25, 0.3) is 11.8 Å². The molecule has 0 N–H and O–H groups in total. The first-order chi connectivity index (χ1) is 14.2. The molecule has 0 aromatic heterocycles. The zero-order valence-corrected chi connectivity index (χ0v) is 18.1. The van der Waals surface area contributed by atoms with E-state index in [0.717, 1.165) is 36.8 Å². The van der Waals surface area contributed by atoms with Crippen molar-refractivity contribution in [2.75, 3.05) is 43.0 Å². The van der Waals surface area contributed by atoms with Crippen LogP contribution in [0.5, 0.6) is 0 Å². The molecule has 0 bridgehead atoms. The van der Waals surface area contributed by atoms with Crippen LogP contribution in [-0.4, -0.2) is 63.6 Å². The maximum atomic E-state index is 13.1. The molecule has 2 aliphatic rings. The minimum Gasteiger partial charge on any atom is -0.369 e. The molecule has 0 radical (unpaired) electrons. The van der Waals surface area contributed by atoms with Crippen molar-refractivity contribution in [2.45, 2.75) is 24.0 Å². The zero-order chi connectivity index (χ0) is 21.6. The highest BCUT2D eigenvalue weighted by atomic mass is 32.2. The number of piperazine rings is 1. The molecule has 7 nitrogen and oxygen atoms in total. The number of nitrogens with zero attached hydrogens (tertiary/aromatic N) is 3. The Hall–Kier alpha value is -2.71. The molecule has 0 aliphatic carbocycles. The first-order valence-electron chi connectivity index (χ1n) is 10.0. The summed E-state index contributed by atoms with van der Waals surface area (Å²) >= 11 is 0. The molecule has 0 saturated carbocycles. The van der Waals surface area contributed by atoms with Gasteiger partial charge in [-0.1, -0.05) is 12.1 Å². The van der Waals surface area contributed by atoms with Gasteiger partial charge < -0.3 is 9.80 Å². The predicted octanol–water partition coefficient (Wildman–Crippen LogP) is 2.42. The molecule has 2 amide bonds. The Labute approximate surface area is 176 Å². The predicted molar refractivity (Wildman–Crippen MR) is 116 cm³/mol. The van der Waals surface area contributed by atoms with Crippen LogP contribution >= 0.6 is 0 Å². The fourth-order valence-corrected chi connectivity index (χ4v) is 5.05. The van der Waals surface area contributed by atoms with E-state index in [1.165, 1.54) is 6.07 Å². The van der Waals surface area contributed by atoms with E-state index in [9.17, 15) is 18.0 Å². The van der Waals surface area contributed by atoms with Gasteiger partial charge >= 0.3 is 0 Å². The van der Waals surface area contributed by atoms with E-state index in [1.807, 2.05) is 0 Å². The zero-order valence-electron chi connectivity index (χ0n) is 17.3. The summed E-state index contributed by atoms with van der Waals surface area (Å²) in [7, 11) is -1.65. The summed E-state index contributed by atoms with van der Waals surface area (Å²) in [5.41, 5.74) is 1.52. The normalized spacial score (nSPS) is 17.7. The Morgan fingerprint density at radius 3 is 1.97 bits per heavy atom. The second-order valence-corrected chi connectivity index (χ2v) is 10.5. The van der Waals surface area contributed by atoms with Gasteiger partial charge in [-0.3, -0.25) is 9.59 Å². The van der Waals surface area contributed by atoms with Crippen LogP contribution in [0.3, 0.4) is 0 Å². The van der Waals surface area contributed by atoms with Crippen molar-refractivity contribution in [3.05, 3.63) is 53.6 Å². The molecule has 0 unspecified atom stereocenters. The lowest BCUT2D eigenvalue weighted by Crippen LogP contribution is -2.44. The Bertz CT molecular complexity index is 1080. The number of amides is 2. The molecule has 8 heteroatoms. The van der Waals surface area contributed by atoms with Crippen LogP contribution in [0.25, 0.3) is 0 Å². The molecular weight excluding hydrogens is 402 g/mol. The lowest BCUT2D eigenvalue weighted by molar-refractivity contribution is 0.0925. The van der Waals surface area contributed by atoms with Crippen LogP contribution in [-0.2, 0) is 9.84 Å². The van der Waals surface area contributed by atoms with Crippen molar-refractivity contribution < 1.29 is 18.0 Å². The molecule has 0 atom stereocenters. The van der Waals surface area contributed by atoms with Gasteiger partial charge in [-0.15, -0.1) is 0 Å². The lowest BCUT2D eigenvalue weighted by atomic mass is 10.1. The SMILES string of the molecule is CC(C)S(=O)(=O)c1ccc(N2CCN(C)CC2)cc1N1C(=O)c2ccccc2C1=O. The van der Waals surface area contributed by atoms with Gasteiger partial charge in [-0.2, -0.15) is 0 Å². The number of sulfone groups is 1.